The molecule has 2 rings (SSSR count). The Morgan fingerprint density at radius 1 is 1.21 bits per heavy atom. The van der Waals surface area contributed by atoms with Gasteiger partial charge in [0.15, 0.2) is 0 Å². The van der Waals surface area contributed by atoms with E-state index in [0.717, 1.165) is 11.3 Å². The van der Waals surface area contributed by atoms with Crippen molar-refractivity contribution in [1.29, 1.82) is 0 Å². The Morgan fingerprint density at radius 3 is 2.53 bits per heavy atom. The molecule has 0 spiro atoms. The largest absolute Gasteiger partial charge is 0.351 e. The van der Waals surface area contributed by atoms with E-state index >= 15 is 0 Å². The van der Waals surface area contributed by atoms with Crippen molar-refractivity contribution >= 4 is 5.91 Å². The Labute approximate surface area is 113 Å². The van der Waals surface area contributed by atoms with Gasteiger partial charge in [0.2, 0.25) is 0 Å². The predicted molar refractivity (Wildman–Crippen MR) is 76.8 cm³/mol. The summed E-state index contributed by atoms with van der Waals surface area (Å²) in [5.41, 5.74) is 7.95. The van der Waals surface area contributed by atoms with E-state index in [-0.39, 0.29) is 5.91 Å². The van der Waals surface area contributed by atoms with Crippen molar-refractivity contribution in [1.82, 2.24) is 10.3 Å². The summed E-state index contributed by atoms with van der Waals surface area (Å²) in [5, 5.41) is 2.81. The third-order valence-corrected chi connectivity index (χ3v) is 2.72. The molecule has 4 nitrogen and oxygen atoms in total. The van der Waals surface area contributed by atoms with E-state index in [0.29, 0.717) is 12.2 Å². The van der Waals surface area contributed by atoms with Crippen molar-refractivity contribution in [3.63, 3.8) is 0 Å². The molecule has 1 heterocycles. The lowest BCUT2D eigenvalue weighted by Crippen LogP contribution is -2.45. The van der Waals surface area contributed by atoms with Gasteiger partial charge in [-0.05, 0) is 31.5 Å². The van der Waals surface area contributed by atoms with E-state index in [1.165, 1.54) is 0 Å². The van der Waals surface area contributed by atoms with E-state index in [2.05, 4.69) is 10.3 Å². The van der Waals surface area contributed by atoms with Crippen molar-refractivity contribution in [2.24, 2.45) is 5.73 Å². The van der Waals surface area contributed by atoms with Crippen LogP contribution in [0.3, 0.4) is 0 Å². The molecule has 0 saturated heterocycles. The molecule has 0 aliphatic heterocycles. The van der Waals surface area contributed by atoms with Crippen LogP contribution in [0.2, 0.25) is 0 Å². The van der Waals surface area contributed by atoms with Crippen LogP contribution in [0.25, 0.3) is 11.3 Å². The number of hydrogen-bond donors (Lipinski definition) is 3. The minimum absolute atomic E-state index is 0.138. The van der Waals surface area contributed by atoms with Gasteiger partial charge in [0.1, 0.15) is 5.69 Å². The Morgan fingerprint density at radius 2 is 1.89 bits per heavy atom. The maximum absolute atomic E-state index is 11.9. The van der Waals surface area contributed by atoms with Crippen molar-refractivity contribution in [2.45, 2.75) is 19.4 Å². The number of aromatic amines is 1. The fourth-order valence-corrected chi connectivity index (χ4v) is 1.72. The molecule has 1 aromatic carbocycles. The Balaban J connectivity index is 2.07. The van der Waals surface area contributed by atoms with Crippen molar-refractivity contribution < 1.29 is 4.79 Å². The lowest BCUT2D eigenvalue weighted by Gasteiger charge is -2.18. The molecule has 0 aliphatic rings. The second kappa shape index (κ2) is 5.28. The molecule has 0 atom stereocenters. The molecular formula is C15H19N3O. The van der Waals surface area contributed by atoms with Crippen molar-refractivity contribution in [3.05, 3.63) is 48.2 Å². The Kier molecular flexibility index (Phi) is 3.71. The van der Waals surface area contributed by atoms with Crippen LogP contribution in [0, 0.1) is 0 Å². The smallest absolute Gasteiger partial charge is 0.267 e. The number of nitrogens with one attached hydrogen (secondary N) is 2. The molecule has 4 N–H and O–H groups in total. The molecule has 100 valence electrons. The van der Waals surface area contributed by atoms with Gasteiger partial charge in [-0.2, -0.15) is 0 Å². The summed E-state index contributed by atoms with van der Waals surface area (Å²) < 4.78 is 0. The third kappa shape index (κ3) is 3.69. The molecule has 0 unspecified atom stereocenters. The topological polar surface area (TPSA) is 70.9 Å². The first kappa shape index (κ1) is 13.4. The van der Waals surface area contributed by atoms with Gasteiger partial charge >= 0.3 is 0 Å². The zero-order valence-electron chi connectivity index (χ0n) is 11.2. The number of carbonyl (C=O) groups is 1. The molecule has 0 radical (unpaired) electrons. The lowest BCUT2D eigenvalue weighted by molar-refractivity contribution is 0.0942. The SMILES string of the molecule is CC(C)(N)CNC(=O)c1ccc(-c2ccccc2)[nH]1. The summed E-state index contributed by atoms with van der Waals surface area (Å²) in [6.45, 7) is 4.18. The van der Waals surface area contributed by atoms with Crippen LogP contribution >= 0.6 is 0 Å². The second-order valence-electron chi connectivity index (χ2n) is 5.32. The number of rotatable bonds is 4. The highest BCUT2D eigenvalue weighted by Gasteiger charge is 2.14. The molecule has 0 saturated carbocycles. The quantitative estimate of drug-likeness (QED) is 0.785. The molecule has 0 aliphatic carbocycles. The molecule has 1 amide bonds. The summed E-state index contributed by atoms with van der Waals surface area (Å²) in [5.74, 6) is -0.138. The molecule has 19 heavy (non-hydrogen) atoms. The summed E-state index contributed by atoms with van der Waals surface area (Å²) >= 11 is 0. The van der Waals surface area contributed by atoms with Crippen LogP contribution in [0.15, 0.2) is 42.5 Å². The standard InChI is InChI=1S/C15H19N3O/c1-15(2,16)10-17-14(19)13-9-8-12(18-13)11-6-4-3-5-7-11/h3-9,18H,10,16H2,1-2H3,(H,17,19). The maximum Gasteiger partial charge on any atom is 0.267 e. The van der Waals surface area contributed by atoms with Crippen molar-refractivity contribution in [2.75, 3.05) is 6.54 Å². The number of amides is 1. The van der Waals surface area contributed by atoms with Crippen LogP contribution in [-0.4, -0.2) is 23.0 Å². The summed E-state index contributed by atoms with van der Waals surface area (Å²) in [4.78, 5) is 15.1. The van der Waals surface area contributed by atoms with Crippen LogP contribution in [0.4, 0.5) is 0 Å². The summed E-state index contributed by atoms with van der Waals surface area (Å²) in [6, 6.07) is 13.6. The first-order chi connectivity index (χ1) is 8.96. The van der Waals surface area contributed by atoms with Gasteiger partial charge in [-0.15, -0.1) is 0 Å². The molecule has 4 heteroatoms. The van der Waals surface area contributed by atoms with E-state index in [9.17, 15) is 4.79 Å². The van der Waals surface area contributed by atoms with Gasteiger partial charge in [0, 0.05) is 17.8 Å². The van der Waals surface area contributed by atoms with Crippen LogP contribution in [0.5, 0.6) is 0 Å². The Hall–Kier alpha value is -2.07. The van der Waals surface area contributed by atoms with Crippen LogP contribution in [0.1, 0.15) is 24.3 Å². The maximum atomic E-state index is 11.9. The van der Waals surface area contributed by atoms with Gasteiger partial charge in [-0.1, -0.05) is 30.3 Å². The Bertz CT molecular complexity index is 552. The highest BCUT2D eigenvalue weighted by Crippen LogP contribution is 2.17. The monoisotopic (exact) mass is 257 g/mol. The second-order valence-corrected chi connectivity index (χ2v) is 5.32. The molecule has 1 aromatic heterocycles. The molecule has 0 fully saturated rings. The molecule has 2 aromatic rings. The number of aromatic nitrogens is 1. The van der Waals surface area contributed by atoms with E-state index in [4.69, 9.17) is 5.73 Å². The number of carbonyl (C=O) groups excluding carboxylic acids is 1. The average Bonchev–Trinajstić information content (AvgIpc) is 2.86. The molecular weight excluding hydrogens is 238 g/mol. The van der Waals surface area contributed by atoms with Crippen LogP contribution < -0.4 is 11.1 Å². The minimum Gasteiger partial charge on any atom is -0.351 e. The van der Waals surface area contributed by atoms with Gasteiger partial charge in [0.25, 0.3) is 5.91 Å². The first-order valence-corrected chi connectivity index (χ1v) is 6.27. The minimum atomic E-state index is -0.412. The summed E-state index contributed by atoms with van der Waals surface area (Å²) in [6.07, 6.45) is 0. The predicted octanol–water partition coefficient (Wildman–Crippen LogP) is 2.15. The summed E-state index contributed by atoms with van der Waals surface area (Å²) in [7, 11) is 0. The van der Waals surface area contributed by atoms with Crippen LogP contribution in [-0.2, 0) is 0 Å². The average molecular weight is 257 g/mol. The normalized spacial score (nSPS) is 11.3. The first-order valence-electron chi connectivity index (χ1n) is 6.27. The molecule has 0 bridgehead atoms. The van der Waals surface area contributed by atoms with E-state index in [1.54, 1.807) is 6.07 Å². The van der Waals surface area contributed by atoms with Crippen molar-refractivity contribution in [3.8, 4) is 11.3 Å². The number of H-pyrrole nitrogens is 1. The van der Waals surface area contributed by atoms with E-state index < -0.39 is 5.54 Å². The zero-order valence-corrected chi connectivity index (χ0v) is 11.2. The van der Waals surface area contributed by atoms with Gasteiger partial charge in [-0.25, -0.2) is 0 Å². The highest BCUT2D eigenvalue weighted by molar-refractivity contribution is 5.93. The fraction of sp³-hybridized carbons (Fsp3) is 0.267. The third-order valence-electron chi connectivity index (χ3n) is 2.72. The van der Waals surface area contributed by atoms with Gasteiger partial charge in [-0.3, -0.25) is 4.79 Å². The van der Waals surface area contributed by atoms with E-state index in [1.807, 2.05) is 50.2 Å². The number of benzene rings is 1. The lowest BCUT2D eigenvalue weighted by atomic mass is 10.1. The number of hydrogen-bond acceptors (Lipinski definition) is 2. The highest BCUT2D eigenvalue weighted by atomic mass is 16.1. The fourth-order valence-electron chi connectivity index (χ4n) is 1.72. The van der Waals surface area contributed by atoms with Gasteiger partial charge < -0.3 is 16.0 Å². The number of nitrogens with two attached hydrogens (primary N) is 1. The van der Waals surface area contributed by atoms with Gasteiger partial charge in [0.05, 0.1) is 0 Å². The zero-order chi connectivity index (χ0) is 13.9.